The maximum absolute atomic E-state index is 12.1. The number of nitrogens with zero attached hydrogens (tertiary/aromatic N) is 2. The monoisotopic (exact) mass is 293 g/mol. The quantitative estimate of drug-likeness (QED) is 0.772. The summed E-state index contributed by atoms with van der Waals surface area (Å²) in [5.41, 5.74) is 6.42. The van der Waals surface area contributed by atoms with E-state index in [1.807, 2.05) is 27.7 Å². The third-order valence-electron chi connectivity index (χ3n) is 2.95. The number of nitrogens with one attached hydrogen (secondary N) is 2. The van der Waals surface area contributed by atoms with Gasteiger partial charge in [-0.3, -0.25) is 4.79 Å². The molecule has 21 heavy (non-hydrogen) atoms. The van der Waals surface area contributed by atoms with Crippen molar-refractivity contribution in [3.05, 3.63) is 11.4 Å². The molecule has 0 saturated carbocycles. The van der Waals surface area contributed by atoms with Gasteiger partial charge in [-0.25, -0.2) is 9.97 Å². The molecule has 6 nitrogen and oxygen atoms in total. The Morgan fingerprint density at radius 3 is 2.48 bits per heavy atom. The van der Waals surface area contributed by atoms with Gasteiger partial charge in [0.25, 0.3) is 0 Å². The van der Waals surface area contributed by atoms with Crippen LogP contribution in [-0.4, -0.2) is 27.5 Å². The van der Waals surface area contributed by atoms with Crippen LogP contribution >= 0.6 is 0 Å². The predicted molar refractivity (Wildman–Crippen MR) is 86.2 cm³/mol. The molecule has 1 aromatic rings. The molecule has 0 spiro atoms. The average Bonchev–Trinajstić information content (AvgIpc) is 2.33. The molecule has 1 amide bonds. The van der Waals surface area contributed by atoms with Gasteiger partial charge in [-0.15, -0.1) is 0 Å². The molecule has 0 aliphatic rings. The van der Waals surface area contributed by atoms with Crippen molar-refractivity contribution in [2.45, 2.75) is 66.0 Å². The minimum atomic E-state index is -0.397. The molecule has 0 fully saturated rings. The molecule has 0 radical (unpaired) electrons. The van der Waals surface area contributed by atoms with Gasteiger partial charge in [-0.05, 0) is 41.0 Å². The van der Waals surface area contributed by atoms with Crippen LogP contribution in [0, 0.1) is 6.92 Å². The minimum absolute atomic E-state index is 0.0730. The Morgan fingerprint density at radius 1 is 1.33 bits per heavy atom. The van der Waals surface area contributed by atoms with Crippen LogP contribution in [-0.2, 0) is 11.2 Å². The fraction of sp³-hybridized carbons (Fsp3) is 0.667. The molecule has 1 aromatic heterocycles. The first kappa shape index (κ1) is 17.2. The Morgan fingerprint density at radius 2 is 1.95 bits per heavy atom. The van der Waals surface area contributed by atoms with E-state index >= 15 is 0 Å². The Balaban J connectivity index is 2.89. The summed E-state index contributed by atoms with van der Waals surface area (Å²) in [5.74, 6) is 1.71. The summed E-state index contributed by atoms with van der Waals surface area (Å²) in [5, 5.41) is 6.07. The fourth-order valence-corrected chi connectivity index (χ4v) is 1.81. The molecule has 0 bridgehead atoms. The lowest BCUT2D eigenvalue weighted by Gasteiger charge is -2.24. The Hall–Kier alpha value is -1.85. The van der Waals surface area contributed by atoms with Crippen LogP contribution in [0.25, 0.3) is 0 Å². The van der Waals surface area contributed by atoms with Crippen LogP contribution in [0.3, 0.4) is 0 Å². The third kappa shape index (κ3) is 5.21. The van der Waals surface area contributed by atoms with E-state index < -0.39 is 6.04 Å². The normalized spacial score (nSPS) is 12.9. The van der Waals surface area contributed by atoms with Gasteiger partial charge in [-0.2, -0.15) is 0 Å². The lowest BCUT2D eigenvalue weighted by molar-refractivity contribution is -0.122. The van der Waals surface area contributed by atoms with E-state index in [-0.39, 0.29) is 11.4 Å². The molecular formula is C15H27N5O. The van der Waals surface area contributed by atoms with Gasteiger partial charge in [0.15, 0.2) is 0 Å². The summed E-state index contributed by atoms with van der Waals surface area (Å²) in [6.07, 6.45) is 1.71. The van der Waals surface area contributed by atoms with Crippen molar-refractivity contribution in [2.24, 2.45) is 0 Å². The molecule has 1 atom stereocenters. The first-order valence-electron chi connectivity index (χ1n) is 7.35. The number of aromatic nitrogens is 2. The SMILES string of the molecule is CCCc1nc(N)c(C)c(NC(C)C(=O)NC(C)(C)C)n1. The summed E-state index contributed by atoms with van der Waals surface area (Å²) in [6, 6.07) is -0.397. The minimum Gasteiger partial charge on any atom is -0.383 e. The topological polar surface area (TPSA) is 92.9 Å². The number of aryl methyl sites for hydroxylation is 1. The van der Waals surface area contributed by atoms with Crippen molar-refractivity contribution in [2.75, 3.05) is 11.1 Å². The number of rotatable bonds is 5. The van der Waals surface area contributed by atoms with Crippen LogP contribution in [0.2, 0.25) is 0 Å². The molecule has 6 heteroatoms. The second-order valence-electron chi connectivity index (χ2n) is 6.35. The summed E-state index contributed by atoms with van der Waals surface area (Å²) in [7, 11) is 0. The highest BCUT2D eigenvalue weighted by molar-refractivity contribution is 5.84. The molecule has 1 unspecified atom stereocenters. The van der Waals surface area contributed by atoms with E-state index in [4.69, 9.17) is 5.73 Å². The van der Waals surface area contributed by atoms with Crippen molar-refractivity contribution < 1.29 is 4.79 Å². The Kier molecular flexibility index (Phi) is 5.52. The van der Waals surface area contributed by atoms with Crippen molar-refractivity contribution in [3.8, 4) is 0 Å². The zero-order valence-corrected chi connectivity index (χ0v) is 13.9. The van der Waals surface area contributed by atoms with Gasteiger partial charge in [0.2, 0.25) is 5.91 Å². The van der Waals surface area contributed by atoms with Gasteiger partial charge < -0.3 is 16.4 Å². The van der Waals surface area contributed by atoms with Gasteiger partial charge in [0, 0.05) is 17.5 Å². The maximum atomic E-state index is 12.1. The van der Waals surface area contributed by atoms with Crippen LogP contribution in [0.4, 0.5) is 11.6 Å². The highest BCUT2D eigenvalue weighted by Crippen LogP contribution is 2.18. The number of hydrogen-bond acceptors (Lipinski definition) is 5. The zero-order chi connectivity index (χ0) is 16.2. The lowest BCUT2D eigenvalue weighted by atomic mass is 10.1. The number of carbonyl (C=O) groups excluding carboxylic acids is 1. The maximum Gasteiger partial charge on any atom is 0.242 e. The number of carbonyl (C=O) groups is 1. The average molecular weight is 293 g/mol. The van der Waals surface area contributed by atoms with Crippen LogP contribution in [0.1, 0.15) is 52.4 Å². The lowest BCUT2D eigenvalue weighted by Crippen LogP contribution is -2.47. The second kappa shape index (κ2) is 6.74. The molecule has 0 aliphatic carbocycles. The van der Waals surface area contributed by atoms with Crippen LogP contribution in [0.15, 0.2) is 0 Å². The zero-order valence-electron chi connectivity index (χ0n) is 13.9. The highest BCUT2D eigenvalue weighted by Gasteiger charge is 2.20. The van der Waals surface area contributed by atoms with E-state index in [0.29, 0.717) is 17.5 Å². The van der Waals surface area contributed by atoms with Crippen molar-refractivity contribution in [1.82, 2.24) is 15.3 Å². The van der Waals surface area contributed by atoms with Gasteiger partial charge in [0.1, 0.15) is 23.5 Å². The standard InChI is InChI=1S/C15H27N5O/c1-7-8-11-18-12(16)9(2)13(19-11)17-10(3)14(21)20-15(4,5)6/h10H,7-8H2,1-6H3,(H,20,21)(H3,16,17,18,19). The molecule has 4 N–H and O–H groups in total. The molecular weight excluding hydrogens is 266 g/mol. The van der Waals surface area contributed by atoms with Crippen molar-refractivity contribution in [3.63, 3.8) is 0 Å². The molecule has 0 aliphatic heterocycles. The summed E-state index contributed by atoms with van der Waals surface area (Å²) < 4.78 is 0. The van der Waals surface area contributed by atoms with Crippen molar-refractivity contribution in [1.29, 1.82) is 0 Å². The van der Waals surface area contributed by atoms with Crippen molar-refractivity contribution >= 4 is 17.5 Å². The molecule has 118 valence electrons. The number of nitrogen functional groups attached to an aromatic ring is 1. The Labute approximate surface area is 126 Å². The molecule has 0 saturated heterocycles. The van der Waals surface area contributed by atoms with Gasteiger partial charge in [-0.1, -0.05) is 6.92 Å². The van der Waals surface area contributed by atoms with Crippen LogP contribution in [0.5, 0.6) is 0 Å². The van der Waals surface area contributed by atoms with Gasteiger partial charge >= 0.3 is 0 Å². The van der Waals surface area contributed by atoms with E-state index in [0.717, 1.165) is 18.4 Å². The van der Waals surface area contributed by atoms with E-state index in [2.05, 4.69) is 27.5 Å². The molecule has 0 aromatic carbocycles. The molecule has 1 rings (SSSR count). The van der Waals surface area contributed by atoms with E-state index in [1.165, 1.54) is 0 Å². The van der Waals surface area contributed by atoms with E-state index in [9.17, 15) is 4.79 Å². The number of amides is 1. The van der Waals surface area contributed by atoms with E-state index in [1.54, 1.807) is 6.92 Å². The smallest absolute Gasteiger partial charge is 0.242 e. The summed E-state index contributed by atoms with van der Waals surface area (Å²) in [6.45, 7) is 11.6. The second-order valence-corrected chi connectivity index (χ2v) is 6.35. The predicted octanol–water partition coefficient (Wildman–Crippen LogP) is 2.03. The number of nitrogens with two attached hydrogens (primary N) is 1. The largest absolute Gasteiger partial charge is 0.383 e. The van der Waals surface area contributed by atoms with Crippen LogP contribution < -0.4 is 16.4 Å². The third-order valence-corrected chi connectivity index (χ3v) is 2.95. The first-order chi connectivity index (χ1) is 9.64. The summed E-state index contributed by atoms with van der Waals surface area (Å²) >= 11 is 0. The highest BCUT2D eigenvalue weighted by atomic mass is 16.2. The fourth-order valence-electron chi connectivity index (χ4n) is 1.81. The summed E-state index contributed by atoms with van der Waals surface area (Å²) in [4.78, 5) is 20.8. The first-order valence-corrected chi connectivity index (χ1v) is 7.35. The Bertz CT molecular complexity index is 508. The number of hydrogen-bond donors (Lipinski definition) is 3. The van der Waals surface area contributed by atoms with Gasteiger partial charge in [0.05, 0.1) is 0 Å². The number of anilines is 2. The molecule has 1 heterocycles.